The van der Waals surface area contributed by atoms with E-state index in [4.69, 9.17) is 4.42 Å². The standard InChI is InChI=1S/C17H25NO/c1-2-6-18-14(8-11-5-7-19-10-11)17-15-12-3-4-13(9-12)16(15)17/h5,7,10,12-18H,2-4,6,8-9H2,1H3. The van der Waals surface area contributed by atoms with Crippen LogP contribution in [-0.2, 0) is 6.42 Å². The average Bonchev–Trinajstić information content (AvgIpc) is 2.83. The highest BCUT2D eigenvalue weighted by molar-refractivity contribution is 5.18. The molecule has 0 saturated heterocycles. The van der Waals surface area contributed by atoms with Crippen LogP contribution in [0.4, 0.5) is 0 Å². The average molecular weight is 259 g/mol. The van der Waals surface area contributed by atoms with E-state index in [1.54, 1.807) is 6.42 Å². The lowest BCUT2D eigenvalue weighted by Gasteiger charge is -2.21. The fourth-order valence-corrected chi connectivity index (χ4v) is 5.27. The van der Waals surface area contributed by atoms with Crippen molar-refractivity contribution in [3.05, 3.63) is 24.2 Å². The fourth-order valence-electron chi connectivity index (χ4n) is 5.27. The van der Waals surface area contributed by atoms with E-state index < -0.39 is 0 Å². The topological polar surface area (TPSA) is 25.2 Å². The van der Waals surface area contributed by atoms with Crippen LogP contribution in [0.2, 0.25) is 0 Å². The molecule has 1 aromatic heterocycles. The van der Waals surface area contributed by atoms with Gasteiger partial charge in [-0.3, -0.25) is 0 Å². The van der Waals surface area contributed by atoms with Crippen LogP contribution in [0.15, 0.2) is 23.0 Å². The normalized spacial score (nSPS) is 40.4. The molecule has 1 aromatic rings. The largest absolute Gasteiger partial charge is 0.472 e. The van der Waals surface area contributed by atoms with Crippen molar-refractivity contribution in [2.75, 3.05) is 6.54 Å². The van der Waals surface area contributed by atoms with Gasteiger partial charge in [0, 0.05) is 6.04 Å². The summed E-state index contributed by atoms with van der Waals surface area (Å²) in [5, 5.41) is 3.83. The maximum atomic E-state index is 5.24. The molecule has 2 heteroatoms. The zero-order chi connectivity index (χ0) is 12.8. The SMILES string of the molecule is CCCNC(Cc1ccoc1)C1C2C3CCC(C3)C21. The summed E-state index contributed by atoms with van der Waals surface area (Å²) < 4.78 is 5.24. The van der Waals surface area contributed by atoms with E-state index in [0.717, 1.165) is 42.6 Å². The van der Waals surface area contributed by atoms with E-state index >= 15 is 0 Å². The first-order chi connectivity index (χ1) is 9.38. The van der Waals surface area contributed by atoms with Gasteiger partial charge in [-0.05, 0) is 79.9 Å². The molecule has 0 spiro atoms. The van der Waals surface area contributed by atoms with Crippen LogP contribution in [0, 0.1) is 29.6 Å². The summed E-state index contributed by atoms with van der Waals surface area (Å²) in [7, 11) is 0. The lowest BCUT2D eigenvalue weighted by atomic mass is 9.94. The lowest BCUT2D eigenvalue weighted by Crippen LogP contribution is -2.35. The third-order valence-corrected chi connectivity index (χ3v) is 5.95. The Morgan fingerprint density at radius 2 is 2.11 bits per heavy atom. The first kappa shape index (κ1) is 12.0. The molecule has 3 aliphatic rings. The summed E-state index contributed by atoms with van der Waals surface area (Å²) in [6, 6.07) is 2.82. The van der Waals surface area contributed by atoms with E-state index in [9.17, 15) is 0 Å². The van der Waals surface area contributed by atoms with Gasteiger partial charge in [0.1, 0.15) is 0 Å². The zero-order valence-electron chi connectivity index (χ0n) is 11.8. The van der Waals surface area contributed by atoms with Crippen molar-refractivity contribution in [2.24, 2.45) is 29.6 Å². The molecule has 0 aliphatic heterocycles. The second-order valence-electron chi connectivity index (χ2n) is 6.96. The molecular weight excluding hydrogens is 234 g/mol. The zero-order valence-corrected chi connectivity index (χ0v) is 11.8. The Balaban J connectivity index is 1.45. The van der Waals surface area contributed by atoms with Gasteiger partial charge < -0.3 is 9.73 Å². The van der Waals surface area contributed by atoms with E-state index in [1.807, 2.05) is 12.5 Å². The van der Waals surface area contributed by atoms with Crippen molar-refractivity contribution >= 4 is 0 Å². The summed E-state index contributed by atoms with van der Waals surface area (Å²) >= 11 is 0. The summed E-state index contributed by atoms with van der Waals surface area (Å²) in [5.74, 6) is 5.26. The molecule has 4 rings (SSSR count). The van der Waals surface area contributed by atoms with Crippen molar-refractivity contribution in [1.29, 1.82) is 0 Å². The van der Waals surface area contributed by atoms with Crippen LogP contribution in [-0.4, -0.2) is 12.6 Å². The van der Waals surface area contributed by atoms with E-state index in [2.05, 4.69) is 18.3 Å². The van der Waals surface area contributed by atoms with Gasteiger partial charge in [0.2, 0.25) is 0 Å². The number of hydrogen-bond donors (Lipinski definition) is 1. The molecule has 1 heterocycles. The first-order valence-electron chi connectivity index (χ1n) is 8.13. The Hall–Kier alpha value is -0.760. The Morgan fingerprint density at radius 3 is 2.74 bits per heavy atom. The van der Waals surface area contributed by atoms with Crippen LogP contribution < -0.4 is 5.32 Å². The maximum absolute atomic E-state index is 5.24. The van der Waals surface area contributed by atoms with Gasteiger partial charge in [-0.1, -0.05) is 6.92 Å². The number of nitrogens with one attached hydrogen (secondary N) is 1. The second-order valence-corrected chi connectivity index (χ2v) is 6.96. The molecule has 2 bridgehead atoms. The fraction of sp³-hybridized carbons (Fsp3) is 0.765. The van der Waals surface area contributed by atoms with Gasteiger partial charge in [-0.25, -0.2) is 0 Å². The Bertz CT molecular complexity index is 410. The first-order valence-corrected chi connectivity index (χ1v) is 8.13. The predicted molar refractivity (Wildman–Crippen MR) is 75.8 cm³/mol. The Morgan fingerprint density at radius 1 is 1.32 bits per heavy atom. The van der Waals surface area contributed by atoms with Crippen molar-refractivity contribution in [3.63, 3.8) is 0 Å². The van der Waals surface area contributed by atoms with Gasteiger partial charge in [-0.2, -0.15) is 0 Å². The summed E-state index contributed by atoms with van der Waals surface area (Å²) in [6.07, 6.45) is 10.7. The van der Waals surface area contributed by atoms with Crippen molar-refractivity contribution in [3.8, 4) is 0 Å². The van der Waals surface area contributed by atoms with Crippen LogP contribution in [0.25, 0.3) is 0 Å². The molecule has 3 saturated carbocycles. The van der Waals surface area contributed by atoms with Crippen molar-refractivity contribution in [1.82, 2.24) is 5.32 Å². The molecule has 5 unspecified atom stereocenters. The van der Waals surface area contributed by atoms with Crippen LogP contribution in [0.1, 0.15) is 38.2 Å². The molecule has 1 N–H and O–H groups in total. The highest BCUT2D eigenvalue weighted by Crippen LogP contribution is 2.70. The van der Waals surface area contributed by atoms with Gasteiger partial charge >= 0.3 is 0 Å². The lowest BCUT2D eigenvalue weighted by molar-refractivity contribution is 0.360. The van der Waals surface area contributed by atoms with E-state index in [1.165, 1.54) is 24.8 Å². The van der Waals surface area contributed by atoms with E-state index in [0.29, 0.717) is 6.04 Å². The van der Waals surface area contributed by atoms with Gasteiger partial charge in [0.25, 0.3) is 0 Å². The summed E-state index contributed by atoms with van der Waals surface area (Å²) in [4.78, 5) is 0. The van der Waals surface area contributed by atoms with Gasteiger partial charge in [0.05, 0.1) is 12.5 Å². The van der Waals surface area contributed by atoms with Gasteiger partial charge in [-0.15, -0.1) is 0 Å². The molecule has 0 amide bonds. The highest BCUT2D eigenvalue weighted by atomic mass is 16.3. The maximum Gasteiger partial charge on any atom is 0.0935 e. The number of hydrogen-bond acceptors (Lipinski definition) is 2. The monoisotopic (exact) mass is 259 g/mol. The van der Waals surface area contributed by atoms with Crippen LogP contribution in [0.5, 0.6) is 0 Å². The third kappa shape index (κ3) is 1.96. The van der Waals surface area contributed by atoms with Crippen molar-refractivity contribution < 1.29 is 4.42 Å². The quantitative estimate of drug-likeness (QED) is 0.846. The third-order valence-electron chi connectivity index (χ3n) is 5.95. The molecule has 0 radical (unpaired) electrons. The van der Waals surface area contributed by atoms with Gasteiger partial charge in [0.15, 0.2) is 0 Å². The minimum absolute atomic E-state index is 0.691. The molecule has 3 aliphatic carbocycles. The second kappa shape index (κ2) is 4.66. The molecule has 19 heavy (non-hydrogen) atoms. The Kier molecular flexibility index (Phi) is 2.95. The summed E-state index contributed by atoms with van der Waals surface area (Å²) in [5.41, 5.74) is 1.37. The minimum atomic E-state index is 0.691. The van der Waals surface area contributed by atoms with Crippen LogP contribution >= 0.6 is 0 Å². The number of rotatable bonds is 6. The molecule has 5 atom stereocenters. The number of furan rings is 1. The molecule has 0 aromatic carbocycles. The van der Waals surface area contributed by atoms with E-state index in [-0.39, 0.29) is 0 Å². The predicted octanol–water partition coefficient (Wildman–Crippen LogP) is 3.48. The molecule has 2 nitrogen and oxygen atoms in total. The van der Waals surface area contributed by atoms with Crippen LogP contribution in [0.3, 0.4) is 0 Å². The smallest absolute Gasteiger partial charge is 0.0935 e. The number of fused-ring (bicyclic) bond motifs is 5. The molecule has 3 fully saturated rings. The molecular formula is C17H25NO. The Labute approximate surface area is 116 Å². The molecule has 104 valence electrons. The highest BCUT2D eigenvalue weighted by Gasteiger charge is 2.66. The minimum Gasteiger partial charge on any atom is -0.472 e. The van der Waals surface area contributed by atoms with Crippen molar-refractivity contribution in [2.45, 2.75) is 45.1 Å². The summed E-state index contributed by atoms with van der Waals surface area (Å²) in [6.45, 7) is 3.42.